The first kappa shape index (κ1) is 17.6. The van der Waals surface area contributed by atoms with Crippen LogP contribution < -0.4 is 5.32 Å². The number of halogens is 1. The van der Waals surface area contributed by atoms with Crippen LogP contribution >= 0.6 is 11.6 Å². The van der Waals surface area contributed by atoms with E-state index in [-0.39, 0.29) is 11.7 Å². The van der Waals surface area contributed by atoms with Crippen LogP contribution in [0.5, 0.6) is 5.75 Å². The molecule has 0 heterocycles. The molecule has 0 spiro atoms. The Balaban J connectivity index is 1.88. The maximum Gasteiger partial charge on any atom is 0.221 e. The van der Waals surface area contributed by atoms with Crippen LogP contribution in [0.15, 0.2) is 77.0 Å². The van der Waals surface area contributed by atoms with Gasteiger partial charge in [-0.15, -0.1) is 10.2 Å². The maximum atomic E-state index is 11.1. The standard InChI is InChI=1S/C20H16ClN3O2/c1-13(25)22-16-8-9-18(17(21)12-16)23-24-19-11-15(7-10-20(19)26)14-5-3-2-4-6-14/h2-12,26H,1H3,(H,22,25). The van der Waals surface area contributed by atoms with Crippen molar-refractivity contribution >= 4 is 34.6 Å². The lowest BCUT2D eigenvalue weighted by Gasteiger charge is -2.05. The fourth-order valence-corrected chi connectivity index (χ4v) is 2.61. The third-order valence-corrected chi connectivity index (χ3v) is 3.92. The zero-order chi connectivity index (χ0) is 18.5. The third kappa shape index (κ3) is 4.26. The molecule has 0 aromatic heterocycles. The zero-order valence-corrected chi connectivity index (χ0v) is 14.7. The Morgan fingerprint density at radius 3 is 2.35 bits per heavy atom. The van der Waals surface area contributed by atoms with Crippen molar-refractivity contribution in [3.05, 3.63) is 71.8 Å². The van der Waals surface area contributed by atoms with Gasteiger partial charge in [0.25, 0.3) is 0 Å². The Morgan fingerprint density at radius 2 is 1.65 bits per heavy atom. The lowest BCUT2D eigenvalue weighted by molar-refractivity contribution is -0.114. The van der Waals surface area contributed by atoms with Gasteiger partial charge in [0.15, 0.2) is 0 Å². The van der Waals surface area contributed by atoms with Crippen molar-refractivity contribution < 1.29 is 9.90 Å². The van der Waals surface area contributed by atoms with E-state index in [4.69, 9.17) is 11.6 Å². The zero-order valence-electron chi connectivity index (χ0n) is 14.0. The number of azo groups is 1. The van der Waals surface area contributed by atoms with Crippen LogP contribution in [0.2, 0.25) is 5.02 Å². The minimum absolute atomic E-state index is 0.0272. The average molecular weight is 366 g/mol. The molecule has 6 heteroatoms. The highest BCUT2D eigenvalue weighted by Crippen LogP contribution is 2.35. The number of hydrogen-bond acceptors (Lipinski definition) is 4. The van der Waals surface area contributed by atoms with Crippen LogP contribution in [0.4, 0.5) is 17.1 Å². The van der Waals surface area contributed by atoms with Crippen molar-refractivity contribution in [2.75, 3.05) is 5.32 Å². The molecule has 1 amide bonds. The van der Waals surface area contributed by atoms with E-state index >= 15 is 0 Å². The molecule has 0 saturated heterocycles. The van der Waals surface area contributed by atoms with Gasteiger partial charge in [-0.05, 0) is 41.5 Å². The molecule has 0 atom stereocenters. The van der Waals surface area contributed by atoms with E-state index in [1.54, 1.807) is 30.3 Å². The molecule has 3 aromatic rings. The van der Waals surface area contributed by atoms with Crippen LogP contribution in [0.25, 0.3) is 11.1 Å². The Bertz CT molecular complexity index is 972. The number of nitrogens with one attached hydrogen (secondary N) is 1. The minimum atomic E-state index is -0.182. The third-order valence-electron chi connectivity index (χ3n) is 3.62. The fourth-order valence-electron chi connectivity index (χ4n) is 2.39. The summed E-state index contributed by atoms with van der Waals surface area (Å²) in [5.41, 5.74) is 3.29. The lowest BCUT2D eigenvalue weighted by Crippen LogP contribution is -2.05. The number of benzene rings is 3. The van der Waals surface area contributed by atoms with Gasteiger partial charge in [0.2, 0.25) is 5.91 Å². The number of phenols is 1. The normalized spacial score (nSPS) is 10.8. The molecule has 0 aliphatic heterocycles. The molecule has 0 radical (unpaired) electrons. The Morgan fingerprint density at radius 1 is 0.923 bits per heavy atom. The van der Waals surface area contributed by atoms with Crippen molar-refractivity contribution in [2.45, 2.75) is 6.92 Å². The second-order valence-corrected chi connectivity index (χ2v) is 6.02. The quantitative estimate of drug-likeness (QED) is 0.549. The highest BCUT2D eigenvalue weighted by molar-refractivity contribution is 6.33. The number of anilines is 1. The first-order valence-electron chi connectivity index (χ1n) is 7.90. The van der Waals surface area contributed by atoms with E-state index in [1.165, 1.54) is 6.92 Å². The molecule has 0 unspecified atom stereocenters. The van der Waals surface area contributed by atoms with Gasteiger partial charge in [-0.2, -0.15) is 0 Å². The van der Waals surface area contributed by atoms with Gasteiger partial charge < -0.3 is 10.4 Å². The van der Waals surface area contributed by atoms with E-state index in [2.05, 4.69) is 15.5 Å². The smallest absolute Gasteiger partial charge is 0.221 e. The summed E-state index contributed by atoms with van der Waals surface area (Å²) in [5.74, 6) is -0.155. The van der Waals surface area contributed by atoms with Gasteiger partial charge >= 0.3 is 0 Å². The van der Waals surface area contributed by atoms with Crippen molar-refractivity contribution in [1.29, 1.82) is 0 Å². The Hall–Kier alpha value is -3.18. The first-order chi connectivity index (χ1) is 12.5. The highest BCUT2D eigenvalue weighted by Gasteiger charge is 2.06. The summed E-state index contributed by atoms with van der Waals surface area (Å²) in [6.45, 7) is 1.42. The summed E-state index contributed by atoms with van der Waals surface area (Å²) in [7, 11) is 0. The lowest BCUT2D eigenvalue weighted by atomic mass is 10.1. The molecule has 0 aliphatic carbocycles. The number of carbonyl (C=O) groups excluding carboxylic acids is 1. The van der Waals surface area contributed by atoms with Gasteiger partial charge in [0.1, 0.15) is 17.1 Å². The topological polar surface area (TPSA) is 74.0 Å². The summed E-state index contributed by atoms with van der Waals surface area (Å²) in [5, 5.41) is 21.3. The van der Waals surface area contributed by atoms with Crippen molar-refractivity contribution in [3.8, 4) is 16.9 Å². The molecular formula is C20H16ClN3O2. The molecule has 2 N–H and O–H groups in total. The molecule has 3 aromatic carbocycles. The Labute approximate surface area is 156 Å². The Kier molecular flexibility index (Phi) is 5.29. The number of carbonyl (C=O) groups is 1. The predicted octanol–water partition coefficient (Wildman–Crippen LogP) is 6.09. The van der Waals surface area contributed by atoms with E-state index in [0.717, 1.165) is 11.1 Å². The van der Waals surface area contributed by atoms with Crippen LogP contribution in [-0.4, -0.2) is 11.0 Å². The van der Waals surface area contributed by atoms with E-state index in [1.807, 2.05) is 36.4 Å². The summed E-state index contributed by atoms with van der Waals surface area (Å²) in [6.07, 6.45) is 0. The largest absolute Gasteiger partial charge is 0.506 e. The SMILES string of the molecule is CC(=O)Nc1ccc(N=Nc2cc(-c3ccccc3)ccc2O)c(Cl)c1. The van der Waals surface area contributed by atoms with Crippen LogP contribution in [0, 0.1) is 0 Å². The van der Waals surface area contributed by atoms with Gasteiger partial charge in [-0.25, -0.2) is 0 Å². The summed E-state index contributed by atoms with van der Waals surface area (Å²) >= 11 is 6.18. The molecule has 3 rings (SSSR count). The molecular weight excluding hydrogens is 350 g/mol. The monoisotopic (exact) mass is 365 g/mol. The van der Waals surface area contributed by atoms with E-state index < -0.39 is 0 Å². The second-order valence-electron chi connectivity index (χ2n) is 5.62. The van der Waals surface area contributed by atoms with Crippen LogP contribution in [0.1, 0.15) is 6.92 Å². The van der Waals surface area contributed by atoms with E-state index in [9.17, 15) is 9.90 Å². The van der Waals surface area contributed by atoms with E-state index in [0.29, 0.717) is 22.1 Å². The first-order valence-corrected chi connectivity index (χ1v) is 8.28. The number of aromatic hydroxyl groups is 1. The van der Waals surface area contributed by atoms with Crippen molar-refractivity contribution in [2.24, 2.45) is 10.2 Å². The average Bonchev–Trinajstić information content (AvgIpc) is 2.62. The van der Waals surface area contributed by atoms with Crippen LogP contribution in [-0.2, 0) is 4.79 Å². The van der Waals surface area contributed by atoms with Gasteiger partial charge in [-0.1, -0.05) is 48.0 Å². The maximum absolute atomic E-state index is 11.1. The predicted molar refractivity (Wildman–Crippen MR) is 103 cm³/mol. The minimum Gasteiger partial charge on any atom is -0.506 e. The number of rotatable bonds is 4. The number of hydrogen-bond donors (Lipinski definition) is 2. The number of phenolic OH excluding ortho intramolecular Hbond substituents is 1. The molecule has 26 heavy (non-hydrogen) atoms. The number of amides is 1. The highest BCUT2D eigenvalue weighted by atomic mass is 35.5. The molecule has 0 saturated carbocycles. The fraction of sp³-hybridized carbons (Fsp3) is 0.0500. The second kappa shape index (κ2) is 7.80. The molecule has 0 fully saturated rings. The van der Waals surface area contributed by atoms with Crippen LogP contribution in [0.3, 0.4) is 0 Å². The van der Waals surface area contributed by atoms with Crippen molar-refractivity contribution in [3.63, 3.8) is 0 Å². The van der Waals surface area contributed by atoms with Crippen molar-refractivity contribution in [1.82, 2.24) is 0 Å². The summed E-state index contributed by atoms with van der Waals surface area (Å²) in [6, 6.07) is 19.9. The summed E-state index contributed by atoms with van der Waals surface area (Å²) in [4.78, 5) is 11.1. The summed E-state index contributed by atoms with van der Waals surface area (Å²) < 4.78 is 0. The number of nitrogens with zero attached hydrogens (tertiary/aromatic N) is 2. The molecule has 0 aliphatic rings. The van der Waals surface area contributed by atoms with Gasteiger partial charge in [0.05, 0.1) is 5.02 Å². The molecule has 130 valence electrons. The molecule has 5 nitrogen and oxygen atoms in total. The van der Waals surface area contributed by atoms with Gasteiger partial charge in [0, 0.05) is 12.6 Å². The van der Waals surface area contributed by atoms with Gasteiger partial charge in [-0.3, -0.25) is 4.79 Å². The molecule has 0 bridgehead atoms.